The fourth-order valence-electron chi connectivity index (χ4n) is 0.915. The molecule has 0 fully saturated rings. The lowest BCUT2D eigenvalue weighted by Gasteiger charge is -2.05. The van der Waals surface area contributed by atoms with Gasteiger partial charge in [-0.1, -0.05) is 33.1 Å². The predicted octanol–water partition coefficient (Wildman–Crippen LogP) is 3.05. The standard InChI is InChI=1S/C10H21O/c1-4-5-6-7-8-11-9-10(2)3/h10H,2,4-9H2,1,3H3. The summed E-state index contributed by atoms with van der Waals surface area (Å²) in [6, 6.07) is 0. The van der Waals surface area contributed by atoms with E-state index in [1.54, 1.807) is 0 Å². The second-order valence-corrected chi connectivity index (χ2v) is 3.24. The zero-order valence-electron chi connectivity index (χ0n) is 7.94. The van der Waals surface area contributed by atoms with E-state index in [1.807, 2.05) is 0 Å². The molecule has 0 N–H and O–H groups in total. The van der Waals surface area contributed by atoms with Crippen LogP contribution < -0.4 is 0 Å². The van der Waals surface area contributed by atoms with Crippen molar-refractivity contribution in [1.82, 2.24) is 0 Å². The van der Waals surface area contributed by atoms with Gasteiger partial charge in [-0.3, -0.25) is 0 Å². The second-order valence-electron chi connectivity index (χ2n) is 3.24. The smallest absolute Gasteiger partial charge is 0.0491 e. The minimum absolute atomic E-state index is 0.432. The van der Waals surface area contributed by atoms with E-state index in [2.05, 4.69) is 20.8 Å². The highest BCUT2D eigenvalue weighted by atomic mass is 16.5. The third-order valence-corrected chi connectivity index (χ3v) is 1.54. The Bertz CT molecular complexity index is 69.3. The summed E-state index contributed by atoms with van der Waals surface area (Å²) in [5.41, 5.74) is 0. The first-order valence-electron chi connectivity index (χ1n) is 4.68. The molecule has 0 amide bonds. The van der Waals surface area contributed by atoms with Gasteiger partial charge in [-0.15, -0.1) is 0 Å². The maximum absolute atomic E-state index is 5.38. The molecule has 0 heterocycles. The molecule has 1 unspecified atom stereocenters. The number of rotatable bonds is 7. The maximum Gasteiger partial charge on any atom is 0.0491 e. The number of unbranched alkanes of at least 4 members (excludes halogenated alkanes) is 3. The van der Waals surface area contributed by atoms with Gasteiger partial charge in [0, 0.05) is 13.2 Å². The third-order valence-electron chi connectivity index (χ3n) is 1.54. The van der Waals surface area contributed by atoms with Gasteiger partial charge in [0.1, 0.15) is 0 Å². The Hall–Kier alpha value is -0.0400. The van der Waals surface area contributed by atoms with Gasteiger partial charge in [-0.05, 0) is 19.3 Å². The van der Waals surface area contributed by atoms with Crippen LogP contribution >= 0.6 is 0 Å². The Morgan fingerprint density at radius 2 is 2.00 bits per heavy atom. The van der Waals surface area contributed by atoms with Crippen LogP contribution in [0, 0.1) is 12.8 Å². The molecular formula is C10H21O. The van der Waals surface area contributed by atoms with Gasteiger partial charge >= 0.3 is 0 Å². The van der Waals surface area contributed by atoms with Crippen LogP contribution in [0.15, 0.2) is 0 Å². The van der Waals surface area contributed by atoms with Gasteiger partial charge in [-0.2, -0.15) is 0 Å². The lowest BCUT2D eigenvalue weighted by Crippen LogP contribution is -2.03. The van der Waals surface area contributed by atoms with Crippen molar-refractivity contribution in [2.75, 3.05) is 13.2 Å². The molecule has 1 radical (unpaired) electrons. The largest absolute Gasteiger partial charge is 0.381 e. The molecule has 11 heavy (non-hydrogen) atoms. The second kappa shape index (κ2) is 8.06. The SMILES string of the molecule is [CH2]C(C)COCCCCCC. The molecule has 0 aliphatic rings. The zero-order chi connectivity index (χ0) is 8.53. The van der Waals surface area contributed by atoms with E-state index >= 15 is 0 Å². The molecule has 0 spiro atoms. The van der Waals surface area contributed by atoms with Crippen molar-refractivity contribution in [2.45, 2.75) is 39.5 Å². The van der Waals surface area contributed by atoms with E-state index in [0.29, 0.717) is 5.92 Å². The predicted molar refractivity (Wildman–Crippen MR) is 49.5 cm³/mol. The fraction of sp³-hybridized carbons (Fsp3) is 0.900. The topological polar surface area (TPSA) is 9.23 Å². The molecular weight excluding hydrogens is 136 g/mol. The van der Waals surface area contributed by atoms with Crippen LogP contribution in [0.5, 0.6) is 0 Å². The Balaban J connectivity index is 2.80. The molecule has 1 nitrogen and oxygen atoms in total. The summed E-state index contributed by atoms with van der Waals surface area (Å²) in [5, 5.41) is 0. The molecule has 0 bridgehead atoms. The van der Waals surface area contributed by atoms with E-state index in [0.717, 1.165) is 13.2 Å². The van der Waals surface area contributed by atoms with E-state index in [4.69, 9.17) is 4.74 Å². The Labute approximate surface area is 71.1 Å². The molecule has 0 saturated carbocycles. The van der Waals surface area contributed by atoms with E-state index in [9.17, 15) is 0 Å². The summed E-state index contributed by atoms with van der Waals surface area (Å²) in [4.78, 5) is 0. The quantitative estimate of drug-likeness (QED) is 0.516. The van der Waals surface area contributed by atoms with Crippen LogP contribution in [0.25, 0.3) is 0 Å². The van der Waals surface area contributed by atoms with Crippen molar-refractivity contribution in [3.05, 3.63) is 6.92 Å². The minimum Gasteiger partial charge on any atom is -0.381 e. The fourth-order valence-corrected chi connectivity index (χ4v) is 0.915. The lowest BCUT2D eigenvalue weighted by molar-refractivity contribution is 0.112. The molecule has 0 aliphatic heterocycles. The monoisotopic (exact) mass is 157 g/mol. The molecule has 1 heteroatoms. The number of hydrogen-bond acceptors (Lipinski definition) is 1. The highest BCUT2D eigenvalue weighted by Crippen LogP contribution is 2.00. The zero-order valence-corrected chi connectivity index (χ0v) is 7.94. The van der Waals surface area contributed by atoms with Crippen LogP contribution in [0.3, 0.4) is 0 Å². The summed E-state index contributed by atoms with van der Waals surface area (Å²) in [7, 11) is 0. The van der Waals surface area contributed by atoms with Crippen molar-refractivity contribution >= 4 is 0 Å². The van der Waals surface area contributed by atoms with Crippen molar-refractivity contribution in [3.8, 4) is 0 Å². The molecule has 0 aromatic carbocycles. The molecule has 0 rings (SSSR count). The summed E-state index contributed by atoms with van der Waals surface area (Å²) in [6.07, 6.45) is 5.15. The van der Waals surface area contributed by atoms with Gasteiger partial charge < -0.3 is 4.74 Å². The third kappa shape index (κ3) is 9.96. The number of ether oxygens (including phenoxy) is 1. The first kappa shape index (κ1) is 11.0. The van der Waals surface area contributed by atoms with Gasteiger partial charge in [0.15, 0.2) is 0 Å². The first-order chi connectivity index (χ1) is 5.27. The highest BCUT2D eigenvalue weighted by molar-refractivity contribution is 4.50. The van der Waals surface area contributed by atoms with Gasteiger partial charge in [0.2, 0.25) is 0 Å². The molecule has 1 atom stereocenters. The summed E-state index contributed by atoms with van der Waals surface area (Å²) >= 11 is 0. The normalized spacial score (nSPS) is 10.9. The Morgan fingerprint density at radius 1 is 1.27 bits per heavy atom. The first-order valence-corrected chi connectivity index (χ1v) is 4.68. The van der Waals surface area contributed by atoms with E-state index in [1.165, 1.54) is 25.7 Å². The molecule has 67 valence electrons. The van der Waals surface area contributed by atoms with Crippen LogP contribution in [-0.2, 0) is 4.74 Å². The average Bonchev–Trinajstić information content (AvgIpc) is 1.96. The molecule has 0 aliphatic carbocycles. The molecule has 0 aromatic rings. The van der Waals surface area contributed by atoms with Crippen molar-refractivity contribution in [1.29, 1.82) is 0 Å². The van der Waals surface area contributed by atoms with Crippen LogP contribution in [0.1, 0.15) is 39.5 Å². The number of hydrogen-bond donors (Lipinski definition) is 0. The van der Waals surface area contributed by atoms with Crippen molar-refractivity contribution in [3.63, 3.8) is 0 Å². The van der Waals surface area contributed by atoms with Gasteiger partial charge in [0.25, 0.3) is 0 Å². The van der Waals surface area contributed by atoms with Gasteiger partial charge in [0.05, 0.1) is 0 Å². The molecule has 0 saturated heterocycles. The summed E-state index contributed by atoms with van der Waals surface area (Å²) in [6.45, 7) is 9.87. The van der Waals surface area contributed by atoms with Crippen LogP contribution in [-0.4, -0.2) is 13.2 Å². The average molecular weight is 157 g/mol. The Morgan fingerprint density at radius 3 is 2.55 bits per heavy atom. The Kier molecular flexibility index (Phi) is 8.03. The summed E-state index contributed by atoms with van der Waals surface area (Å²) in [5.74, 6) is 0.432. The maximum atomic E-state index is 5.38. The van der Waals surface area contributed by atoms with Crippen LogP contribution in [0.4, 0.5) is 0 Å². The van der Waals surface area contributed by atoms with E-state index < -0.39 is 0 Å². The van der Waals surface area contributed by atoms with E-state index in [-0.39, 0.29) is 0 Å². The van der Waals surface area contributed by atoms with Gasteiger partial charge in [-0.25, -0.2) is 0 Å². The molecule has 0 aromatic heterocycles. The summed E-state index contributed by atoms with van der Waals surface area (Å²) < 4.78 is 5.38. The lowest BCUT2D eigenvalue weighted by atomic mass is 10.2. The van der Waals surface area contributed by atoms with Crippen molar-refractivity contribution in [2.24, 2.45) is 5.92 Å². The van der Waals surface area contributed by atoms with Crippen LogP contribution in [0.2, 0.25) is 0 Å². The van der Waals surface area contributed by atoms with Crippen molar-refractivity contribution < 1.29 is 4.74 Å². The minimum atomic E-state index is 0.432. The highest BCUT2D eigenvalue weighted by Gasteiger charge is 1.92.